The van der Waals surface area contributed by atoms with E-state index >= 15 is 0 Å². The maximum absolute atomic E-state index is 6.49. The Kier molecular flexibility index (Phi) is 8.04. The minimum Gasteiger partial charge on any atom is -0.455 e. The highest BCUT2D eigenvalue weighted by molar-refractivity contribution is 7.26. The third kappa shape index (κ3) is 5.80. The van der Waals surface area contributed by atoms with E-state index in [2.05, 4.69) is 211 Å². The highest BCUT2D eigenvalue weighted by atomic mass is 32.1. The van der Waals surface area contributed by atoms with Gasteiger partial charge in [0.1, 0.15) is 11.2 Å². The molecule has 0 aliphatic heterocycles. The molecule has 0 saturated carbocycles. The first-order valence-corrected chi connectivity index (χ1v) is 20.1. The fourth-order valence-corrected chi connectivity index (χ4v) is 9.56. The largest absolute Gasteiger partial charge is 0.455 e. The van der Waals surface area contributed by atoms with Gasteiger partial charge in [0.15, 0.2) is 0 Å². The topological polar surface area (TPSA) is 16.4 Å². The van der Waals surface area contributed by atoms with Crippen molar-refractivity contribution in [3.8, 4) is 44.5 Å². The molecule has 9 aromatic carbocycles. The Morgan fingerprint density at radius 3 is 1.60 bits per heavy atom. The maximum Gasteiger partial charge on any atom is 0.143 e. The van der Waals surface area contributed by atoms with Crippen LogP contribution in [0.3, 0.4) is 0 Å². The summed E-state index contributed by atoms with van der Waals surface area (Å²) in [6, 6.07) is 76.2. The molecule has 0 radical (unpaired) electrons. The van der Waals surface area contributed by atoms with Gasteiger partial charge in [-0.1, -0.05) is 164 Å². The lowest BCUT2D eigenvalue weighted by Gasteiger charge is -2.26. The Bertz CT molecular complexity index is 3210. The molecule has 0 unspecified atom stereocenters. The van der Waals surface area contributed by atoms with Gasteiger partial charge < -0.3 is 9.32 Å². The molecule has 0 amide bonds. The van der Waals surface area contributed by atoms with Crippen LogP contribution in [0.5, 0.6) is 0 Å². The van der Waals surface area contributed by atoms with Crippen molar-refractivity contribution in [2.75, 3.05) is 4.90 Å². The number of hydrogen-bond acceptors (Lipinski definition) is 3. The molecular weight excluding hydrogens is 711 g/mol. The molecule has 0 saturated heterocycles. The minimum atomic E-state index is 0.895. The fourth-order valence-electron chi connectivity index (χ4n) is 8.36. The number of furan rings is 1. The lowest BCUT2D eigenvalue weighted by Crippen LogP contribution is -2.10. The molecular formula is C54H35NOS. The number of nitrogens with zero attached hydrogens (tertiary/aromatic N) is 1. The Morgan fingerprint density at radius 2 is 0.877 bits per heavy atom. The van der Waals surface area contributed by atoms with Crippen molar-refractivity contribution in [3.63, 3.8) is 0 Å². The van der Waals surface area contributed by atoms with Gasteiger partial charge in [-0.05, 0) is 87.5 Å². The van der Waals surface area contributed by atoms with Crippen molar-refractivity contribution >= 4 is 70.5 Å². The zero-order valence-electron chi connectivity index (χ0n) is 31.0. The second kappa shape index (κ2) is 13.8. The Hall–Kier alpha value is -7.20. The van der Waals surface area contributed by atoms with E-state index in [1.165, 1.54) is 48.1 Å². The molecule has 2 nitrogen and oxygen atoms in total. The summed E-state index contributed by atoms with van der Waals surface area (Å²) in [4.78, 5) is 2.41. The minimum absolute atomic E-state index is 0.895. The van der Waals surface area contributed by atoms with Crippen LogP contribution >= 0.6 is 11.3 Å². The second-order valence-corrected chi connectivity index (χ2v) is 15.5. The molecule has 0 fully saturated rings. The Labute approximate surface area is 335 Å². The Morgan fingerprint density at radius 1 is 0.351 bits per heavy atom. The number of anilines is 3. The smallest absolute Gasteiger partial charge is 0.143 e. The van der Waals surface area contributed by atoms with Gasteiger partial charge in [-0.3, -0.25) is 0 Å². The molecule has 11 aromatic rings. The van der Waals surface area contributed by atoms with Gasteiger partial charge in [0, 0.05) is 43.2 Å². The molecule has 2 heterocycles. The molecule has 2 aromatic heterocycles. The van der Waals surface area contributed by atoms with Crippen molar-refractivity contribution in [1.82, 2.24) is 0 Å². The zero-order valence-corrected chi connectivity index (χ0v) is 31.8. The van der Waals surface area contributed by atoms with Gasteiger partial charge in [0.05, 0.1) is 10.4 Å². The summed E-state index contributed by atoms with van der Waals surface area (Å²) in [5.41, 5.74) is 14.6. The summed E-state index contributed by atoms with van der Waals surface area (Å²) in [5, 5.41) is 4.82. The predicted molar refractivity (Wildman–Crippen MR) is 243 cm³/mol. The highest BCUT2D eigenvalue weighted by Crippen LogP contribution is 2.46. The SMILES string of the molecule is c1ccc(-c2ccccc2-c2ccc(N(c3ccc(-c4ccc5oc6c(-c7ccccc7)cccc6c5c4)cc3)c3cccc4c3sc3ccccc34)cc2)cc1. The van der Waals surface area contributed by atoms with Crippen molar-refractivity contribution < 1.29 is 4.42 Å². The molecule has 268 valence electrons. The van der Waals surface area contributed by atoms with E-state index in [0.29, 0.717) is 0 Å². The normalized spacial score (nSPS) is 11.5. The van der Waals surface area contributed by atoms with Crippen molar-refractivity contribution in [1.29, 1.82) is 0 Å². The van der Waals surface area contributed by atoms with Gasteiger partial charge in [-0.2, -0.15) is 0 Å². The van der Waals surface area contributed by atoms with Crippen LogP contribution in [-0.4, -0.2) is 0 Å². The lowest BCUT2D eigenvalue weighted by molar-refractivity contribution is 0.670. The van der Waals surface area contributed by atoms with Crippen LogP contribution in [0.2, 0.25) is 0 Å². The third-order valence-electron chi connectivity index (χ3n) is 11.1. The van der Waals surface area contributed by atoms with E-state index in [0.717, 1.165) is 55.6 Å². The number of benzene rings is 9. The number of thiophene rings is 1. The van der Waals surface area contributed by atoms with E-state index in [9.17, 15) is 0 Å². The third-order valence-corrected chi connectivity index (χ3v) is 12.3. The fraction of sp³-hybridized carbons (Fsp3) is 0. The summed E-state index contributed by atoms with van der Waals surface area (Å²) in [5.74, 6) is 0. The summed E-state index contributed by atoms with van der Waals surface area (Å²) < 4.78 is 9.06. The average Bonchev–Trinajstić information content (AvgIpc) is 3.86. The van der Waals surface area contributed by atoms with Gasteiger partial charge in [-0.25, -0.2) is 0 Å². The van der Waals surface area contributed by atoms with Crippen molar-refractivity contribution in [3.05, 3.63) is 212 Å². The van der Waals surface area contributed by atoms with Crippen LogP contribution < -0.4 is 4.90 Å². The van der Waals surface area contributed by atoms with Crippen LogP contribution in [0.15, 0.2) is 217 Å². The molecule has 3 heteroatoms. The number of fused-ring (bicyclic) bond motifs is 6. The first-order valence-electron chi connectivity index (χ1n) is 19.3. The summed E-state index contributed by atoms with van der Waals surface area (Å²) in [6.45, 7) is 0. The lowest BCUT2D eigenvalue weighted by atomic mass is 9.94. The molecule has 0 spiro atoms. The van der Waals surface area contributed by atoms with Gasteiger partial charge in [0.25, 0.3) is 0 Å². The predicted octanol–water partition coefficient (Wildman–Crippen LogP) is 16.1. The van der Waals surface area contributed by atoms with Crippen LogP contribution in [0.25, 0.3) is 86.6 Å². The zero-order chi connectivity index (χ0) is 37.7. The summed E-state index contributed by atoms with van der Waals surface area (Å²) in [6.07, 6.45) is 0. The highest BCUT2D eigenvalue weighted by Gasteiger charge is 2.19. The molecule has 0 N–H and O–H groups in total. The maximum atomic E-state index is 6.49. The second-order valence-electron chi connectivity index (χ2n) is 14.5. The van der Waals surface area contributed by atoms with Gasteiger partial charge in [-0.15, -0.1) is 11.3 Å². The number of para-hydroxylation sites is 1. The summed E-state index contributed by atoms with van der Waals surface area (Å²) in [7, 11) is 0. The molecule has 0 bridgehead atoms. The first kappa shape index (κ1) is 33.2. The van der Waals surface area contributed by atoms with E-state index in [1.54, 1.807) is 0 Å². The van der Waals surface area contributed by atoms with E-state index < -0.39 is 0 Å². The first-order chi connectivity index (χ1) is 28.3. The van der Waals surface area contributed by atoms with Gasteiger partial charge in [0.2, 0.25) is 0 Å². The standard InChI is InChI=1S/C54H35NOS/c1-3-13-37(14-4-1)43-17-7-8-18-44(43)39-27-32-42(33-28-39)55(50-23-12-22-48-46-19-9-10-24-52(46)57-54(48)50)41-30-25-36(26-31-41)40-29-34-51-49(35-40)47-21-11-20-45(53(47)56-51)38-15-5-2-6-16-38/h1-35H. The van der Waals surface area contributed by atoms with E-state index in [-0.39, 0.29) is 0 Å². The molecule has 11 rings (SSSR count). The number of hydrogen-bond donors (Lipinski definition) is 0. The molecule has 0 aliphatic rings. The number of rotatable bonds is 7. The average molecular weight is 746 g/mol. The quantitative estimate of drug-likeness (QED) is 0.162. The van der Waals surface area contributed by atoms with Crippen molar-refractivity contribution in [2.45, 2.75) is 0 Å². The van der Waals surface area contributed by atoms with Crippen LogP contribution in [0.1, 0.15) is 0 Å². The van der Waals surface area contributed by atoms with Crippen LogP contribution in [0.4, 0.5) is 17.1 Å². The van der Waals surface area contributed by atoms with E-state index in [4.69, 9.17) is 4.42 Å². The van der Waals surface area contributed by atoms with Crippen molar-refractivity contribution in [2.24, 2.45) is 0 Å². The summed E-state index contributed by atoms with van der Waals surface area (Å²) >= 11 is 1.86. The monoisotopic (exact) mass is 745 g/mol. The molecule has 0 aliphatic carbocycles. The van der Waals surface area contributed by atoms with Crippen LogP contribution in [-0.2, 0) is 0 Å². The molecule has 0 atom stereocenters. The molecule has 57 heavy (non-hydrogen) atoms. The van der Waals surface area contributed by atoms with Crippen LogP contribution in [0, 0.1) is 0 Å². The Balaban J connectivity index is 1.01. The van der Waals surface area contributed by atoms with E-state index in [1.807, 2.05) is 17.4 Å². The van der Waals surface area contributed by atoms with Gasteiger partial charge >= 0.3 is 0 Å².